The minimum absolute atomic E-state index is 0.0463. The molecule has 28 heavy (non-hydrogen) atoms. The van der Waals surface area contributed by atoms with E-state index in [9.17, 15) is 9.65 Å². The van der Waals surface area contributed by atoms with Crippen molar-refractivity contribution >= 4 is 38.2 Å². The molecule has 1 heterocycles. The Labute approximate surface area is 169 Å². The van der Waals surface area contributed by atoms with Crippen molar-refractivity contribution in [2.75, 3.05) is 25.6 Å². The topological polar surface area (TPSA) is 106 Å². The Hall–Kier alpha value is -2.80. The zero-order valence-corrected chi connectivity index (χ0v) is 16.6. The van der Waals surface area contributed by atoms with Gasteiger partial charge in [0.25, 0.3) is 0 Å². The Balaban J connectivity index is 2.08. The minimum atomic E-state index is -0.468. The number of anilines is 2. The quantitative estimate of drug-likeness (QED) is 0.534. The number of hydrogen-bond acceptors (Lipinski definition) is 7. The van der Waals surface area contributed by atoms with Crippen LogP contribution in [0.4, 0.5) is 15.8 Å². The molecule has 1 aromatic heterocycles. The Morgan fingerprint density at radius 3 is 2.79 bits per heavy atom. The molecule has 3 rings (SSSR count). The summed E-state index contributed by atoms with van der Waals surface area (Å²) in [6.07, 6.45) is 0. The van der Waals surface area contributed by atoms with Crippen LogP contribution >= 0.6 is 15.9 Å². The van der Waals surface area contributed by atoms with Crippen molar-refractivity contribution in [3.63, 3.8) is 0 Å². The molecular weight excluding hydrogens is 429 g/mol. The summed E-state index contributed by atoms with van der Waals surface area (Å²) >= 11 is 3.46. The fourth-order valence-corrected chi connectivity index (χ4v) is 3.05. The predicted octanol–water partition coefficient (Wildman–Crippen LogP) is 3.63. The Morgan fingerprint density at radius 2 is 2.07 bits per heavy atom. The van der Waals surface area contributed by atoms with Crippen molar-refractivity contribution in [2.24, 2.45) is 5.73 Å². The van der Waals surface area contributed by atoms with Gasteiger partial charge in [0.05, 0.1) is 28.0 Å². The summed E-state index contributed by atoms with van der Waals surface area (Å²) in [6, 6.07) is 9.96. The number of halogens is 2. The van der Waals surface area contributed by atoms with Crippen molar-refractivity contribution in [3.05, 3.63) is 51.9 Å². The summed E-state index contributed by atoms with van der Waals surface area (Å²) in [4.78, 5) is 0. The number of nitriles is 1. The van der Waals surface area contributed by atoms with Gasteiger partial charge in [0.2, 0.25) is 0 Å². The van der Waals surface area contributed by atoms with Crippen molar-refractivity contribution in [3.8, 4) is 11.8 Å². The van der Waals surface area contributed by atoms with Gasteiger partial charge in [0.15, 0.2) is 5.69 Å². The molecule has 0 radical (unpaired) electrons. The molecule has 3 N–H and O–H groups in total. The lowest BCUT2D eigenvalue weighted by Gasteiger charge is -2.14. The second kappa shape index (κ2) is 8.93. The van der Waals surface area contributed by atoms with Gasteiger partial charge in [-0.3, -0.25) is 0 Å². The maximum Gasteiger partial charge on any atom is 0.187 e. The van der Waals surface area contributed by atoms with Gasteiger partial charge in [-0.2, -0.15) is 5.26 Å². The fourth-order valence-electron chi connectivity index (χ4n) is 2.59. The van der Waals surface area contributed by atoms with Crippen molar-refractivity contribution in [1.82, 2.24) is 10.2 Å². The number of nitrogens with zero attached hydrogens (tertiary/aromatic N) is 3. The smallest absolute Gasteiger partial charge is 0.187 e. The van der Waals surface area contributed by atoms with Crippen LogP contribution < -0.4 is 15.8 Å². The monoisotopic (exact) mass is 445 g/mol. The first-order chi connectivity index (χ1) is 13.6. The van der Waals surface area contributed by atoms with Crippen LogP contribution in [0, 0.1) is 17.1 Å². The van der Waals surface area contributed by atoms with Gasteiger partial charge in [0.1, 0.15) is 24.2 Å². The molecule has 0 aliphatic carbocycles. The van der Waals surface area contributed by atoms with Crippen molar-refractivity contribution < 1.29 is 13.9 Å². The molecule has 144 valence electrons. The van der Waals surface area contributed by atoms with E-state index in [1.807, 2.05) is 6.07 Å². The molecule has 0 atom stereocenters. The van der Waals surface area contributed by atoms with E-state index in [0.29, 0.717) is 40.0 Å². The third kappa shape index (κ3) is 4.20. The highest BCUT2D eigenvalue weighted by atomic mass is 79.9. The number of benzene rings is 2. The molecule has 9 heteroatoms. The highest BCUT2D eigenvalue weighted by Crippen LogP contribution is 2.35. The molecular formula is C19H17BrFN5O2. The molecule has 0 bridgehead atoms. The average Bonchev–Trinajstić information content (AvgIpc) is 2.70. The highest BCUT2D eigenvalue weighted by Gasteiger charge is 2.16. The average molecular weight is 446 g/mol. The van der Waals surface area contributed by atoms with Gasteiger partial charge in [-0.15, -0.1) is 10.2 Å². The molecule has 3 aromatic rings. The van der Waals surface area contributed by atoms with Crippen LogP contribution in [0.1, 0.15) is 11.3 Å². The summed E-state index contributed by atoms with van der Waals surface area (Å²) in [7, 11) is 1.59. The van der Waals surface area contributed by atoms with Gasteiger partial charge in [-0.05, 0) is 39.7 Å². The first-order valence-electron chi connectivity index (χ1n) is 8.34. The molecule has 0 saturated carbocycles. The number of ether oxygens (including phenoxy) is 2. The van der Waals surface area contributed by atoms with Gasteiger partial charge in [-0.1, -0.05) is 6.07 Å². The van der Waals surface area contributed by atoms with E-state index >= 15 is 0 Å². The van der Waals surface area contributed by atoms with Crippen molar-refractivity contribution in [2.45, 2.75) is 6.54 Å². The molecule has 0 saturated heterocycles. The van der Waals surface area contributed by atoms with Crippen LogP contribution in [0.15, 0.2) is 34.8 Å². The molecule has 2 aromatic carbocycles. The molecule has 7 nitrogen and oxygen atoms in total. The third-order valence-corrected chi connectivity index (χ3v) is 4.61. The van der Waals surface area contributed by atoms with Crippen LogP contribution in [0.3, 0.4) is 0 Å². The van der Waals surface area contributed by atoms with Gasteiger partial charge >= 0.3 is 0 Å². The summed E-state index contributed by atoms with van der Waals surface area (Å²) in [5.41, 5.74) is 7.49. The number of fused-ring (bicyclic) bond motifs is 1. The molecule has 0 amide bonds. The van der Waals surface area contributed by atoms with E-state index in [4.69, 9.17) is 15.2 Å². The van der Waals surface area contributed by atoms with E-state index in [1.165, 1.54) is 6.07 Å². The summed E-state index contributed by atoms with van der Waals surface area (Å²) in [5.74, 6) is 0.0930. The molecule has 0 fully saturated rings. The van der Waals surface area contributed by atoms with Gasteiger partial charge in [-0.25, -0.2) is 4.39 Å². The lowest BCUT2D eigenvalue weighted by molar-refractivity contribution is 0.146. The second-order valence-corrected chi connectivity index (χ2v) is 6.67. The van der Waals surface area contributed by atoms with Crippen LogP contribution in [0.5, 0.6) is 5.75 Å². The van der Waals surface area contributed by atoms with Crippen LogP contribution in [-0.2, 0) is 11.3 Å². The van der Waals surface area contributed by atoms with Crippen molar-refractivity contribution in [1.29, 1.82) is 5.26 Å². The predicted molar refractivity (Wildman–Crippen MR) is 107 cm³/mol. The van der Waals surface area contributed by atoms with E-state index in [2.05, 4.69) is 31.4 Å². The standard InChI is InChI=1S/C19H17BrFN5O2/c1-27-4-5-28-18-8-15-12(7-13(18)20)19(17(10-23)26-25-15)24-16-6-11(9-22)2-3-14(16)21/h2-3,6-8H,4-5,9,22H2,1H3,(H,24,25). The first-order valence-corrected chi connectivity index (χ1v) is 9.14. The first kappa shape index (κ1) is 19.9. The van der Waals surface area contributed by atoms with Gasteiger partial charge in [0, 0.05) is 25.1 Å². The second-order valence-electron chi connectivity index (χ2n) is 5.82. The summed E-state index contributed by atoms with van der Waals surface area (Å²) in [5, 5.41) is 21.0. The summed E-state index contributed by atoms with van der Waals surface area (Å²) < 4.78 is 25.6. The number of methoxy groups -OCH3 is 1. The zero-order valence-electron chi connectivity index (χ0n) is 15.0. The number of rotatable bonds is 7. The van der Waals surface area contributed by atoms with E-state index < -0.39 is 5.82 Å². The Bertz CT molecular complexity index is 1050. The summed E-state index contributed by atoms with van der Waals surface area (Å²) in [6.45, 7) is 1.07. The minimum Gasteiger partial charge on any atom is -0.490 e. The SMILES string of the molecule is COCCOc1cc2nnc(C#N)c(Nc3cc(CN)ccc3F)c2cc1Br. The highest BCUT2D eigenvalue weighted by molar-refractivity contribution is 9.10. The van der Waals surface area contributed by atoms with Crippen LogP contribution in [0.25, 0.3) is 10.9 Å². The maximum atomic E-state index is 14.3. The normalized spacial score (nSPS) is 10.7. The lowest BCUT2D eigenvalue weighted by Crippen LogP contribution is -2.06. The Morgan fingerprint density at radius 1 is 1.25 bits per heavy atom. The van der Waals surface area contributed by atoms with Crippen LogP contribution in [-0.4, -0.2) is 30.5 Å². The fraction of sp³-hybridized carbons (Fsp3) is 0.211. The zero-order chi connectivity index (χ0) is 20.1. The Kier molecular flexibility index (Phi) is 6.36. The molecule has 0 spiro atoms. The molecule has 0 aliphatic heterocycles. The number of aromatic nitrogens is 2. The molecule has 0 unspecified atom stereocenters. The van der Waals surface area contributed by atoms with Gasteiger partial charge < -0.3 is 20.5 Å². The largest absolute Gasteiger partial charge is 0.490 e. The lowest BCUT2D eigenvalue weighted by atomic mass is 10.1. The number of nitrogens with one attached hydrogen (secondary N) is 1. The number of hydrogen-bond donors (Lipinski definition) is 2. The third-order valence-electron chi connectivity index (χ3n) is 3.99. The maximum absolute atomic E-state index is 14.3. The van der Waals surface area contributed by atoms with E-state index in [1.54, 1.807) is 31.4 Å². The van der Waals surface area contributed by atoms with Crippen LogP contribution in [0.2, 0.25) is 0 Å². The van der Waals surface area contributed by atoms with E-state index in [0.717, 1.165) is 5.56 Å². The number of nitrogens with two attached hydrogens (primary N) is 1. The van der Waals surface area contributed by atoms with E-state index in [-0.39, 0.29) is 17.9 Å². The molecule has 0 aliphatic rings.